The minimum absolute atomic E-state index is 0. The molecule has 2 rings (SSSR count). The topological polar surface area (TPSA) is 27.6 Å². The molecule has 19 heavy (non-hydrogen) atoms. The SMILES string of the molecule is C/C=C/CCNC(=NC)N1CC2CCCCC2C1.I. The minimum atomic E-state index is 0. The highest BCUT2D eigenvalue weighted by molar-refractivity contribution is 14.0. The lowest BCUT2D eigenvalue weighted by atomic mass is 9.82. The van der Waals surface area contributed by atoms with Gasteiger partial charge in [-0.25, -0.2) is 0 Å². The number of aliphatic imine (C=N–C) groups is 1. The number of rotatable bonds is 3. The van der Waals surface area contributed by atoms with Crippen LogP contribution in [0.3, 0.4) is 0 Å². The predicted molar refractivity (Wildman–Crippen MR) is 93.2 cm³/mol. The highest BCUT2D eigenvalue weighted by Crippen LogP contribution is 2.35. The number of nitrogens with one attached hydrogen (secondary N) is 1. The van der Waals surface area contributed by atoms with Crippen molar-refractivity contribution in [2.75, 3.05) is 26.7 Å². The molecule has 1 aliphatic carbocycles. The predicted octanol–water partition coefficient (Wildman–Crippen LogP) is 3.27. The molecule has 3 nitrogen and oxygen atoms in total. The van der Waals surface area contributed by atoms with Crippen LogP contribution in [0.2, 0.25) is 0 Å². The van der Waals surface area contributed by atoms with Crippen molar-refractivity contribution >= 4 is 29.9 Å². The summed E-state index contributed by atoms with van der Waals surface area (Å²) in [7, 11) is 1.90. The zero-order valence-electron chi connectivity index (χ0n) is 12.3. The Kier molecular flexibility index (Phi) is 7.80. The van der Waals surface area contributed by atoms with Gasteiger partial charge in [0.2, 0.25) is 0 Å². The van der Waals surface area contributed by atoms with Gasteiger partial charge in [0.25, 0.3) is 0 Å². The molecular formula is C15H28IN3. The summed E-state index contributed by atoms with van der Waals surface area (Å²) in [6.45, 7) is 5.49. The van der Waals surface area contributed by atoms with E-state index in [1.807, 2.05) is 7.05 Å². The fourth-order valence-electron chi connectivity index (χ4n) is 3.35. The van der Waals surface area contributed by atoms with Crippen LogP contribution >= 0.6 is 24.0 Å². The van der Waals surface area contributed by atoms with Gasteiger partial charge in [-0.15, -0.1) is 24.0 Å². The Balaban J connectivity index is 0.00000180. The van der Waals surface area contributed by atoms with Crippen molar-refractivity contribution < 1.29 is 0 Å². The van der Waals surface area contributed by atoms with E-state index in [0.717, 1.165) is 30.8 Å². The second-order valence-electron chi connectivity index (χ2n) is 5.54. The van der Waals surface area contributed by atoms with Gasteiger partial charge in [-0.2, -0.15) is 0 Å². The number of nitrogens with zero attached hydrogens (tertiary/aromatic N) is 2. The fraction of sp³-hybridized carbons (Fsp3) is 0.800. The third kappa shape index (κ3) is 4.65. The normalized spacial score (nSPS) is 27.3. The molecule has 1 saturated carbocycles. The fourth-order valence-corrected chi connectivity index (χ4v) is 3.35. The molecule has 0 bridgehead atoms. The molecule has 0 amide bonds. The summed E-state index contributed by atoms with van der Waals surface area (Å²) in [4.78, 5) is 6.90. The number of likely N-dealkylation sites (tertiary alicyclic amines) is 1. The number of allylic oxidation sites excluding steroid dienone is 1. The number of fused-ring (bicyclic) bond motifs is 1. The molecule has 2 unspecified atom stereocenters. The molecule has 0 spiro atoms. The first-order chi connectivity index (χ1) is 8.85. The van der Waals surface area contributed by atoms with E-state index in [4.69, 9.17) is 0 Å². The van der Waals surface area contributed by atoms with E-state index in [-0.39, 0.29) is 24.0 Å². The monoisotopic (exact) mass is 377 g/mol. The zero-order valence-corrected chi connectivity index (χ0v) is 14.6. The Bertz CT molecular complexity index is 301. The van der Waals surface area contributed by atoms with Crippen LogP contribution in [-0.2, 0) is 0 Å². The maximum Gasteiger partial charge on any atom is 0.193 e. The molecule has 4 heteroatoms. The molecular weight excluding hydrogens is 349 g/mol. The summed E-state index contributed by atoms with van der Waals surface area (Å²) in [6, 6.07) is 0. The first-order valence-electron chi connectivity index (χ1n) is 7.42. The summed E-state index contributed by atoms with van der Waals surface area (Å²) in [5.74, 6) is 2.95. The Hall–Kier alpha value is -0.260. The van der Waals surface area contributed by atoms with Gasteiger partial charge < -0.3 is 10.2 Å². The van der Waals surface area contributed by atoms with Crippen LogP contribution in [0.4, 0.5) is 0 Å². The van der Waals surface area contributed by atoms with Crippen molar-refractivity contribution in [1.29, 1.82) is 0 Å². The number of guanidine groups is 1. The second kappa shape index (κ2) is 8.82. The van der Waals surface area contributed by atoms with Gasteiger partial charge in [-0.3, -0.25) is 4.99 Å². The van der Waals surface area contributed by atoms with Crippen LogP contribution in [0.15, 0.2) is 17.1 Å². The van der Waals surface area contributed by atoms with E-state index in [9.17, 15) is 0 Å². The van der Waals surface area contributed by atoms with Crippen molar-refractivity contribution in [2.24, 2.45) is 16.8 Å². The lowest BCUT2D eigenvalue weighted by Crippen LogP contribution is -2.40. The third-order valence-electron chi connectivity index (χ3n) is 4.32. The number of halogens is 1. The van der Waals surface area contributed by atoms with Gasteiger partial charge in [0.05, 0.1) is 0 Å². The van der Waals surface area contributed by atoms with Crippen molar-refractivity contribution in [3.63, 3.8) is 0 Å². The average molecular weight is 377 g/mol. The maximum absolute atomic E-state index is 4.43. The Morgan fingerprint density at radius 3 is 2.42 bits per heavy atom. The van der Waals surface area contributed by atoms with Gasteiger partial charge in [-0.1, -0.05) is 25.0 Å². The highest BCUT2D eigenvalue weighted by Gasteiger charge is 2.35. The number of hydrogen-bond donors (Lipinski definition) is 1. The van der Waals surface area contributed by atoms with E-state index < -0.39 is 0 Å². The molecule has 0 aromatic carbocycles. The Labute approximate surface area is 134 Å². The van der Waals surface area contributed by atoms with Crippen LogP contribution in [0.1, 0.15) is 39.0 Å². The van der Waals surface area contributed by atoms with E-state index in [0.29, 0.717) is 0 Å². The zero-order chi connectivity index (χ0) is 12.8. The van der Waals surface area contributed by atoms with Crippen LogP contribution in [-0.4, -0.2) is 37.5 Å². The van der Waals surface area contributed by atoms with Crippen molar-refractivity contribution in [3.8, 4) is 0 Å². The Morgan fingerprint density at radius 2 is 1.89 bits per heavy atom. The smallest absolute Gasteiger partial charge is 0.193 e. The molecule has 0 radical (unpaired) electrons. The van der Waals surface area contributed by atoms with E-state index in [1.54, 1.807) is 0 Å². The molecule has 1 saturated heterocycles. The van der Waals surface area contributed by atoms with Crippen LogP contribution in [0.5, 0.6) is 0 Å². The summed E-state index contributed by atoms with van der Waals surface area (Å²) in [5, 5.41) is 3.48. The summed E-state index contributed by atoms with van der Waals surface area (Å²) in [6.07, 6.45) is 11.1. The summed E-state index contributed by atoms with van der Waals surface area (Å²) >= 11 is 0. The highest BCUT2D eigenvalue weighted by atomic mass is 127. The lowest BCUT2D eigenvalue weighted by Gasteiger charge is -2.22. The third-order valence-corrected chi connectivity index (χ3v) is 4.32. The molecule has 2 atom stereocenters. The van der Waals surface area contributed by atoms with E-state index in [2.05, 4.69) is 34.3 Å². The standard InChI is InChI=1S/C15H27N3.HI/c1-3-4-7-10-17-15(16-2)18-11-13-8-5-6-9-14(13)12-18;/h3-4,13-14H,5-12H2,1-2H3,(H,16,17);1H/b4-3+;. The Morgan fingerprint density at radius 1 is 1.26 bits per heavy atom. The van der Waals surface area contributed by atoms with Crippen molar-refractivity contribution in [2.45, 2.75) is 39.0 Å². The largest absolute Gasteiger partial charge is 0.356 e. The van der Waals surface area contributed by atoms with Gasteiger partial charge in [0.15, 0.2) is 5.96 Å². The van der Waals surface area contributed by atoms with Crippen LogP contribution in [0.25, 0.3) is 0 Å². The van der Waals surface area contributed by atoms with Gasteiger partial charge >= 0.3 is 0 Å². The average Bonchev–Trinajstić information content (AvgIpc) is 2.82. The summed E-state index contributed by atoms with van der Waals surface area (Å²) < 4.78 is 0. The minimum Gasteiger partial charge on any atom is -0.356 e. The molecule has 2 fully saturated rings. The van der Waals surface area contributed by atoms with Gasteiger partial charge in [0, 0.05) is 26.7 Å². The van der Waals surface area contributed by atoms with Crippen LogP contribution in [0, 0.1) is 11.8 Å². The quantitative estimate of drug-likeness (QED) is 0.269. The van der Waals surface area contributed by atoms with Crippen molar-refractivity contribution in [3.05, 3.63) is 12.2 Å². The second-order valence-corrected chi connectivity index (χ2v) is 5.54. The summed E-state index contributed by atoms with van der Waals surface area (Å²) in [5.41, 5.74) is 0. The molecule has 0 aromatic rings. The van der Waals surface area contributed by atoms with Crippen molar-refractivity contribution in [1.82, 2.24) is 10.2 Å². The maximum atomic E-state index is 4.43. The van der Waals surface area contributed by atoms with Gasteiger partial charge in [0.1, 0.15) is 0 Å². The first kappa shape index (κ1) is 16.8. The lowest BCUT2D eigenvalue weighted by molar-refractivity contribution is 0.299. The molecule has 0 aromatic heterocycles. The van der Waals surface area contributed by atoms with E-state index in [1.165, 1.54) is 38.8 Å². The molecule has 1 heterocycles. The molecule has 110 valence electrons. The van der Waals surface area contributed by atoms with Crippen LogP contribution < -0.4 is 5.32 Å². The molecule has 1 N–H and O–H groups in total. The van der Waals surface area contributed by atoms with Gasteiger partial charge in [-0.05, 0) is 38.0 Å². The van der Waals surface area contributed by atoms with E-state index >= 15 is 0 Å². The first-order valence-corrected chi connectivity index (χ1v) is 7.42. The molecule has 1 aliphatic heterocycles. The number of hydrogen-bond acceptors (Lipinski definition) is 1. The molecule has 2 aliphatic rings.